The molecule has 49 heavy (non-hydrogen) atoms. The predicted molar refractivity (Wildman–Crippen MR) is 174 cm³/mol. The molecule has 21 heteroatoms. The smallest absolute Gasteiger partial charge is 0.327 e. The van der Waals surface area contributed by atoms with Crippen LogP contribution < -0.4 is 19.9 Å². The maximum absolute atomic E-state index is 13.0. The van der Waals surface area contributed by atoms with Gasteiger partial charge in [0.15, 0.2) is 0 Å². The number of benzene rings is 2. The van der Waals surface area contributed by atoms with E-state index in [1.54, 1.807) is 36.4 Å². The van der Waals surface area contributed by atoms with Crippen molar-refractivity contribution in [2.24, 2.45) is 5.14 Å². The summed E-state index contributed by atoms with van der Waals surface area (Å²) in [5.74, 6) is -0.261. The first-order chi connectivity index (χ1) is 23.5. The molecule has 0 fully saturated rings. The number of carboxylic acids is 1. The molecule has 5 aromatic rings. The lowest BCUT2D eigenvalue weighted by Gasteiger charge is -2.14. The largest absolute Gasteiger partial charge is 0.487 e. The van der Waals surface area contributed by atoms with Crippen LogP contribution in [-0.2, 0) is 45.1 Å². The standard InChI is InChI=1S/C28H30FN9O8S3/c29-8-20(12-39)38-10-19(34-36-38)14-45-21-3-1-2-17(6-21)15-47-16-24(27(41)42)31-26(40)11-37-9-18(33-35-37)13-46-22-4-5-23-25(7-22)48-28(32-23)49(30,43)44/h1-7,9-10,20,24,39H,8,11-16H2,(H,31,40)(H,41,42)(H2,30,43,44)/t20?,24-/m0/s1. The number of nitrogens with two attached hydrogens (primary N) is 1. The summed E-state index contributed by atoms with van der Waals surface area (Å²) in [4.78, 5) is 28.5. The van der Waals surface area contributed by atoms with E-state index >= 15 is 0 Å². The highest BCUT2D eigenvalue weighted by atomic mass is 32.2. The number of carbonyl (C=O) groups excluding carboxylic acids is 1. The van der Waals surface area contributed by atoms with Crippen molar-refractivity contribution in [1.82, 2.24) is 40.3 Å². The highest BCUT2D eigenvalue weighted by Gasteiger charge is 2.21. The topological polar surface area (TPSA) is 240 Å². The summed E-state index contributed by atoms with van der Waals surface area (Å²) >= 11 is 2.23. The molecule has 0 aliphatic carbocycles. The van der Waals surface area contributed by atoms with Gasteiger partial charge < -0.3 is 25.0 Å². The number of aromatic nitrogens is 7. The number of primary sulfonamides is 1. The quantitative estimate of drug-likeness (QED) is 0.0992. The van der Waals surface area contributed by atoms with Crippen LogP contribution in [-0.4, -0.2) is 90.6 Å². The number of sulfonamides is 1. The fourth-order valence-electron chi connectivity index (χ4n) is 4.23. The number of thioether (sulfide) groups is 1. The molecule has 2 aromatic carbocycles. The third kappa shape index (κ3) is 9.92. The normalized spacial score (nSPS) is 12.9. The second-order valence-electron chi connectivity index (χ2n) is 10.4. The molecule has 0 aliphatic heterocycles. The maximum Gasteiger partial charge on any atom is 0.327 e. The number of carbonyl (C=O) groups is 2. The van der Waals surface area contributed by atoms with E-state index in [0.29, 0.717) is 38.9 Å². The summed E-state index contributed by atoms with van der Waals surface area (Å²) in [6.45, 7) is -1.38. The monoisotopic (exact) mass is 735 g/mol. The Balaban J connectivity index is 1.06. The fourth-order valence-corrected chi connectivity index (χ4v) is 6.91. The number of fused-ring (bicyclic) bond motifs is 1. The van der Waals surface area contributed by atoms with E-state index in [-0.39, 0.29) is 29.9 Å². The number of carboxylic acid groups (broad SMARTS) is 1. The Kier molecular flexibility index (Phi) is 11.7. The number of halogens is 1. The number of aliphatic hydroxyl groups excluding tert-OH is 1. The number of aliphatic carboxylic acids is 1. The van der Waals surface area contributed by atoms with Crippen molar-refractivity contribution in [3.05, 3.63) is 71.8 Å². The summed E-state index contributed by atoms with van der Waals surface area (Å²) in [5.41, 5.74) is 2.17. The molecule has 3 heterocycles. The molecular weight excluding hydrogens is 706 g/mol. The molecule has 1 amide bonds. The molecule has 0 spiro atoms. The highest BCUT2D eigenvalue weighted by Crippen LogP contribution is 2.28. The Labute approximate surface area is 286 Å². The van der Waals surface area contributed by atoms with Crippen molar-refractivity contribution in [2.45, 2.75) is 41.9 Å². The molecule has 0 bridgehead atoms. The van der Waals surface area contributed by atoms with Gasteiger partial charge in [-0.25, -0.2) is 37.1 Å². The molecule has 1 unspecified atom stereocenters. The van der Waals surface area contributed by atoms with Crippen molar-refractivity contribution in [3.8, 4) is 11.5 Å². The molecule has 17 nitrogen and oxygen atoms in total. The minimum absolute atomic E-state index is 0.00171. The molecule has 260 valence electrons. The van der Waals surface area contributed by atoms with Gasteiger partial charge in [-0.3, -0.25) is 4.79 Å². The van der Waals surface area contributed by atoms with Crippen molar-refractivity contribution in [3.63, 3.8) is 0 Å². The van der Waals surface area contributed by atoms with Crippen LogP contribution in [0.4, 0.5) is 4.39 Å². The van der Waals surface area contributed by atoms with Crippen LogP contribution >= 0.6 is 23.1 Å². The second kappa shape index (κ2) is 16.1. The van der Waals surface area contributed by atoms with Gasteiger partial charge in [-0.1, -0.05) is 22.6 Å². The molecular formula is C28H30FN9O8S3. The third-order valence-corrected chi connectivity index (χ3v) is 10.1. The van der Waals surface area contributed by atoms with Gasteiger partial charge in [-0.05, 0) is 35.9 Å². The number of amides is 1. The van der Waals surface area contributed by atoms with Gasteiger partial charge in [0.25, 0.3) is 10.0 Å². The number of hydrogen-bond donors (Lipinski definition) is 4. The van der Waals surface area contributed by atoms with E-state index in [2.05, 4.69) is 30.9 Å². The van der Waals surface area contributed by atoms with E-state index in [4.69, 9.17) is 14.6 Å². The zero-order valence-corrected chi connectivity index (χ0v) is 27.9. The average Bonchev–Trinajstić information content (AvgIpc) is 3.83. The third-order valence-electron chi connectivity index (χ3n) is 6.65. The molecule has 5 rings (SSSR count). The number of hydrogen-bond acceptors (Lipinski definition) is 14. The Morgan fingerprint density at radius 1 is 1.06 bits per heavy atom. The van der Waals surface area contributed by atoms with Crippen LogP contribution in [0.1, 0.15) is 23.0 Å². The lowest BCUT2D eigenvalue weighted by molar-refractivity contribution is -0.141. The van der Waals surface area contributed by atoms with Gasteiger partial charge in [0.2, 0.25) is 10.2 Å². The molecule has 2 atom stereocenters. The van der Waals surface area contributed by atoms with E-state index in [9.17, 15) is 32.6 Å². The fraction of sp³-hybridized carbons (Fsp3) is 0.321. The van der Waals surface area contributed by atoms with E-state index in [0.717, 1.165) is 16.9 Å². The molecule has 5 N–H and O–H groups in total. The SMILES string of the molecule is NS(=O)(=O)c1nc2ccc(OCc3cn(CC(=O)N[C@@H](CSCc4cccc(OCc5cn(C(CO)CF)nn5)c4)C(=O)O)nn3)cc2s1. The molecule has 0 saturated heterocycles. The zero-order valence-electron chi connectivity index (χ0n) is 25.5. The van der Waals surface area contributed by atoms with Crippen LogP contribution in [0.25, 0.3) is 10.2 Å². The Bertz CT molecular complexity index is 2020. The van der Waals surface area contributed by atoms with Crippen LogP contribution in [0, 0.1) is 0 Å². The summed E-state index contributed by atoms with van der Waals surface area (Å²) < 4.78 is 50.4. The number of ether oxygens (including phenoxy) is 2. The molecule has 0 aliphatic rings. The number of nitrogens with zero attached hydrogens (tertiary/aromatic N) is 7. The lowest BCUT2D eigenvalue weighted by Crippen LogP contribution is -2.44. The number of alkyl halides is 1. The minimum Gasteiger partial charge on any atom is -0.487 e. The predicted octanol–water partition coefficient (Wildman–Crippen LogP) is 1.29. The zero-order chi connectivity index (χ0) is 35.0. The van der Waals surface area contributed by atoms with Gasteiger partial charge in [-0.15, -0.1) is 21.5 Å². The van der Waals surface area contributed by atoms with E-state index in [1.165, 1.54) is 33.5 Å². The van der Waals surface area contributed by atoms with Gasteiger partial charge in [0, 0.05) is 11.5 Å². The first-order valence-electron chi connectivity index (χ1n) is 14.3. The number of rotatable bonds is 18. The summed E-state index contributed by atoms with van der Waals surface area (Å²) in [7, 11) is -3.92. The van der Waals surface area contributed by atoms with Crippen LogP contribution in [0.3, 0.4) is 0 Å². The number of nitrogens with one attached hydrogen (secondary N) is 1. The average molecular weight is 736 g/mol. The highest BCUT2D eigenvalue weighted by molar-refractivity contribution is 7.98. The van der Waals surface area contributed by atoms with Crippen LogP contribution in [0.5, 0.6) is 11.5 Å². The van der Waals surface area contributed by atoms with Crippen molar-refractivity contribution in [2.75, 3.05) is 19.0 Å². The maximum atomic E-state index is 13.0. The van der Waals surface area contributed by atoms with Crippen molar-refractivity contribution >= 4 is 55.2 Å². The Morgan fingerprint density at radius 3 is 2.51 bits per heavy atom. The molecule has 3 aromatic heterocycles. The van der Waals surface area contributed by atoms with E-state index < -0.39 is 47.3 Å². The summed E-state index contributed by atoms with van der Waals surface area (Å²) in [6.07, 6.45) is 2.99. The number of thiazole rings is 1. The van der Waals surface area contributed by atoms with Gasteiger partial charge in [0.1, 0.15) is 61.4 Å². The Morgan fingerprint density at radius 2 is 1.80 bits per heavy atom. The van der Waals surface area contributed by atoms with Gasteiger partial charge in [0.05, 0.1) is 29.2 Å². The van der Waals surface area contributed by atoms with Crippen LogP contribution in [0.2, 0.25) is 0 Å². The first-order valence-corrected chi connectivity index (χ1v) is 17.9. The second-order valence-corrected chi connectivity index (χ2v) is 14.2. The molecule has 0 saturated carbocycles. The summed E-state index contributed by atoms with van der Waals surface area (Å²) in [6, 6.07) is 10.0. The molecule has 0 radical (unpaired) electrons. The lowest BCUT2D eigenvalue weighted by atomic mass is 10.2. The number of aliphatic hydroxyl groups is 1. The minimum atomic E-state index is -3.92. The Hall–Kier alpha value is -4.70. The first kappa shape index (κ1) is 35.6. The van der Waals surface area contributed by atoms with Crippen molar-refractivity contribution < 1.29 is 42.1 Å². The van der Waals surface area contributed by atoms with E-state index in [1.807, 2.05) is 6.07 Å². The van der Waals surface area contributed by atoms with Crippen LogP contribution in [0.15, 0.2) is 59.2 Å². The van der Waals surface area contributed by atoms with Gasteiger partial charge in [-0.2, -0.15) is 11.8 Å². The summed E-state index contributed by atoms with van der Waals surface area (Å²) in [5, 5.41) is 42.1. The van der Waals surface area contributed by atoms with Gasteiger partial charge >= 0.3 is 5.97 Å². The van der Waals surface area contributed by atoms with Crippen molar-refractivity contribution in [1.29, 1.82) is 0 Å².